The minimum absolute atomic E-state index is 0.0775. The van der Waals surface area contributed by atoms with Crippen molar-refractivity contribution in [3.63, 3.8) is 0 Å². The molecular weight excluding hydrogens is 268 g/mol. The van der Waals surface area contributed by atoms with E-state index in [9.17, 15) is 9.59 Å². The van der Waals surface area contributed by atoms with Gasteiger partial charge < -0.3 is 20.9 Å². The summed E-state index contributed by atoms with van der Waals surface area (Å²) in [6, 6.07) is 1.65. The highest BCUT2D eigenvalue weighted by Gasteiger charge is 2.15. The number of aryl methyl sites for hydroxylation is 1. The minimum atomic E-state index is -0.259. The first-order valence-corrected chi connectivity index (χ1v) is 7.28. The molecule has 0 unspecified atom stereocenters. The van der Waals surface area contributed by atoms with Gasteiger partial charge in [0, 0.05) is 31.2 Å². The van der Waals surface area contributed by atoms with Crippen molar-refractivity contribution in [3.8, 4) is 0 Å². The molecule has 0 radical (unpaired) electrons. The lowest BCUT2D eigenvalue weighted by Crippen LogP contribution is -2.42. The van der Waals surface area contributed by atoms with Gasteiger partial charge in [-0.25, -0.2) is 0 Å². The molecule has 21 heavy (non-hydrogen) atoms. The number of rotatable bonds is 6. The number of hydrogen-bond acceptors (Lipinski definition) is 3. The zero-order valence-corrected chi connectivity index (χ0v) is 13.3. The first-order valence-electron chi connectivity index (χ1n) is 7.28. The Bertz CT molecular complexity index is 500. The lowest BCUT2D eigenvalue weighted by molar-refractivity contribution is -0.122. The predicted molar refractivity (Wildman–Crippen MR) is 84.0 cm³/mol. The summed E-state index contributed by atoms with van der Waals surface area (Å²) < 4.78 is 1.83. The number of carbonyl (C=O) groups excluding carboxylic acids is 2. The van der Waals surface area contributed by atoms with E-state index >= 15 is 0 Å². The summed E-state index contributed by atoms with van der Waals surface area (Å²) in [6.45, 7) is 8.84. The molecule has 0 saturated carbocycles. The van der Waals surface area contributed by atoms with Gasteiger partial charge >= 0.3 is 0 Å². The van der Waals surface area contributed by atoms with E-state index in [1.807, 2.05) is 32.3 Å². The van der Waals surface area contributed by atoms with Crippen LogP contribution in [0.4, 0.5) is 5.69 Å². The number of aromatic nitrogens is 1. The molecule has 1 heterocycles. The maximum atomic E-state index is 12.1. The highest BCUT2D eigenvalue weighted by atomic mass is 16.2. The van der Waals surface area contributed by atoms with Gasteiger partial charge in [-0.05, 0) is 33.3 Å². The Balaban J connectivity index is 2.49. The Morgan fingerprint density at radius 2 is 2.00 bits per heavy atom. The van der Waals surface area contributed by atoms with Gasteiger partial charge in [0.05, 0.1) is 5.69 Å². The molecule has 0 spiro atoms. The normalized spacial score (nSPS) is 11.2. The third-order valence-corrected chi connectivity index (χ3v) is 2.77. The summed E-state index contributed by atoms with van der Waals surface area (Å²) in [5, 5.41) is 5.60. The molecule has 0 aromatic carbocycles. The van der Waals surface area contributed by atoms with Crippen molar-refractivity contribution < 1.29 is 9.59 Å². The first kappa shape index (κ1) is 17.1. The molecule has 0 fully saturated rings. The number of carbonyl (C=O) groups is 2. The van der Waals surface area contributed by atoms with Gasteiger partial charge in [-0.3, -0.25) is 9.59 Å². The van der Waals surface area contributed by atoms with Gasteiger partial charge in [0.2, 0.25) is 5.91 Å². The second kappa shape index (κ2) is 7.15. The predicted octanol–water partition coefficient (Wildman–Crippen LogP) is 1.51. The van der Waals surface area contributed by atoms with E-state index in [1.54, 1.807) is 12.3 Å². The fourth-order valence-corrected chi connectivity index (χ4v) is 2.01. The van der Waals surface area contributed by atoms with E-state index < -0.39 is 0 Å². The van der Waals surface area contributed by atoms with Crippen LogP contribution in [0, 0.1) is 0 Å². The quantitative estimate of drug-likeness (QED) is 0.743. The topological polar surface area (TPSA) is 89.2 Å². The van der Waals surface area contributed by atoms with E-state index in [-0.39, 0.29) is 23.8 Å². The van der Waals surface area contributed by atoms with Crippen molar-refractivity contribution in [2.24, 2.45) is 0 Å². The van der Waals surface area contributed by atoms with E-state index in [2.05, 4.69) is 10.6 Å². The third kappa shape index (κ3) is 5.89. The molecule has 6 nitrogen and oxygen atoms in total. The highest BCUT2D eigenvalue weighted by Crippen LogP contribution is 2.11. The lowest BCUT2D eigenvalue weighted by Gasteiger charge is -2.20. The molecule has 118 valence electrons. The third-order valence-electron chi connectivity index (χ3n) is 2.77. The van der Waals surface area contributed by atoms with Crippen molar-refractivity contribution in [3.05, 3.63) is 18.0 Å². The van der Waals surface area contributed by atoms with Gasteiger partial charge in [-0.1, -0.05) is 6.92 Å². The molecule has 0 aliphatic heterocycles. The zero-order chi connectivity index (χ0) is 16.0. The molecule has 0 bridgehead atoms. The summed E-state index contributed by atoms with van der Waals surface area (Å²) >= 11 is 0. The molecule has 0 aliphatic carbocycles. The van der Waals surface area contributed by atoms with Crippen LogP contribution >= 0.6 is 0 Å². The van der Waals surface area contributed by atoms with Crippen LogP contribution in [0.3, 0.4) is 0 Å². The average molecular weight is 294 g/mol. The number of anilines is 1. The molecule has 4 N–H and O–H groups in total. The number of nitrogens with zero attached hydrogens (tertiary/aromatic N) is 1. The van der Waals surface area contributed by atoms with Crippen LogP contribution in [0.15, 0.2) is 12.3 Å². The van der Waals surface area contributed by atoms with Crippen LogP contribution in [0.5, 0.6) is 0 Å². The maximum Gasteiger partial charge on any atom is 0.267 e. The Morgan fingerprint density at radius 3 is 2.57 bits per heavy atom. The number of hydrogen-bond donors (Lipinski definition) is 3. The smallest absolute Gasteiger partial charge is 0.267 e. The van der Waals surface area contributed by atoms with E-state index in [0.717, 1.165) is 13.0 Å². The van der Waals surface area contributed by atoms with Crippen LogP contribution < -0.4 is 16.4 Å². The second-order valence-corrected chi connectivity index (χ2v) is 6.16. The van der Waals surface area contributed by atoms with Gasteiger partial charge in [-0.15, -0.1) is 0 Å². The molecule has 1 aromatic heterocycles. The molecule has 0 saturated heterocycles. The number of nitrogen functional groups attached to an aromatic ring is 1. The molecule has 0 aliphatic rings. The van der Waals surface area contributed by atoms with Crippen LogP contribution in [-0.2, 0) is 11.3 Å². The lowest BCUT2D eigenvalue weighted by atomic mass is 10.1. The van der Waals surface area contributed by atoms with Gasteiger partial charge in [0.25, 0.3) is 5.91 Å². The standard InChI is InChI=1S/C15H26N4O2/c1-5-8-19-10-11(16)9-12(19)14(21)17-7-6-13(20)18-15(2,3)4/h9-10H,5-8,16H2,1-4H3,(H,17,21)(H,18,20). The van der Waals surface area contributed by atoms with Crippen molar-refractivity contribution in [2.45, 2.75) is 52.6 Å². The van der Waals surface area contributed by atoms with Crippen LogP contribution in [0.2, 0.25) is 0 Å². The van der Waals surface area contributed by atoms with E-state index in [0.29, 0.717) is 17.9 Å². The van der Waals surface area contributed by atoms with E-state index in [1.165, 1.54) is 0 Å². The maximum absolute atomic E-state index is 12.1. The Labute approximate surface area is 126 Å². The van der Waals surface area contributed by atoms with Gasteiger partial charge in [0.1, 0.15) is 5.69 Å². The molecular formula is C15H26N4O2. The number of amides is 2. The fourth-order valence-electron chi connectivity index (χ4n) is 2.01. The minimum Gasteiger partial charge on any atom is -0.397 e. The zero-order valence-electron chi connectivity index (χ0n) is 13.3. The SMILES string of the molecule is CCCn1cc(N)cc1C(=O)NCCC(=O)NC(C)(C)C. The van der Waals surface area contributed by atoms with Crippen molar-refractivity contribution >= 4 is 17.5 Å². The Kier molecular flexibility index (Phi) is 5.81. The van der Waals surface area contributed by atoms with Crippen LogP contribution in [0.1, 0.15) is 51.0 Å². The summed E-state index contributed by atoms with van der Waals surface area (Å²) in [6.07, 6.45) is 2.93. The first-order chi connectivity index (χ1) is 9.73. The Morgan fingerprint density at radius 1 is 1.33 bits per heavy atom. The van der Waals surface area contributed by atoms with Crippen LogP contribution in [-0.4, -0.2) is 28.5 Å². The molecule has 6 heteroatoms. The van der Waals surface area contributed by atoms with E-state index in [4.69, 9.17) is 5.73 Å². The molecule has 1 aromatic rings. The molecule has 2 amide bonds. The average Bonchev–Trinajstić information content (AvgIpc) is 2.68. The van der Waals surface area contributed by atoms with Crippen molar-refractivity contribution in [1.82, 2.24) is 15.2 Å². The molecule has 1 rings (SSSR count). The largest absolute Gasteiger partial charge is 0.397 e. The van der Waals surface area contributed by atoms with Gasteiger partial charge in [-0.2, -0.15) is 0 Å². The molecule has 0 atom stereocenters. The van der Waals surface area contributed by atoms with Crippen LogP contribution in [0.25, 0.3) is 0 Å². The summed E-state index contributed by atoms with van der Waals surface area (Å²) in [4.78, 5) is 23.8. The van der Waals surface area contributed by atoms with Gasteiger partial charge in [0.15, 0.2) is 0 Å². The fraction of sp³-hybridized carbons (Fsp3) is 0.600. The summed E-state index contributed by atoms with van der Waals surface area (Å²) in [5.74, 6) is -0.282. The van der Waals surface area contributed by atoms with Crippen molar-refractivity contribution in [1.29, 1.82) is 0 Å². The number of nitrogens with one attached hydrogen (secondary N) is 2. The monoisotopic (exact) mass is 294 g/mol. The second-order valence-electron chi connectivity index (χ2n) is 6.16. The Hall–Kier alpha value is -1.98. The number of nitrogens with two attached hydrogens (primary N) is 1. The highest BCUT2D eigenvalue weighted by molar-refractivity contribution is 5.94. The summed E-state index contributed by atoms with van der Waals surface area (Å²) in [7, 11) is 0. The van der Waals surface area contributed by atoms with Crippen molar-refractivity contribution in [2.75, 3.05) is 12.3 Å². The summed E-state index contributed by atoms with van der Waals surface area (Å²) in [5.41, 5.74) is 6.57.